The van der Waals surface area contributed by atoms with Crippen LogP contribution in [-0.2, 0) is 0 Å². The van der Waals surface area contributed by atoms with Crippen molar-refractivity contribution in [2.75, 3.05) is 19.0 Å². The number of benzene rings is 1. The lowest BCUT2D eigenvalue weighted by atomic mass is 10.3. The highest BCUT2D eigenvalue weighted by Crippen LogP contribution is 2.14. The van der Waals surface area contributed by atoms with E-state index >= 15 is 0 Å². The second-order valence-corrected chi connectivity index (χ2v) is 2.49. The molecule has 0 spiro atoms. The average molecular weight is 157 g/mol. The Morgan fingerprint density at radius 2 is 1.73 bits per heavy atom. The van der Waals surface area contributed by atoms with E-state index in [-0.39, 0.29) is 0 Å². The summed E-state index contributed by atoms with van der Waals surface area (Å²) in [7, 11) is 3.54. The summed E-state index contributed by atoms with van der Waals surface area (Å²) < 4.78 is 24.9. The van der Waals surface area contributed by atoms with E-state index < -0.39 is 11.6 Å². The predicted octanol–water partition coefficient (Wildman–Crippen LogP) is 2.03. The second-order valence-electron chi connectivity index (χ2n) is 2.49. The molecule has 0 N–H and O–H groups in total. The van der Waals surface area contributed by atoms with Crippen LogP contribution in [-0.4, -0.2) is 14.1 Å². The number of hydrogen-bond donors (Lipinski definition) is 0. The van der Waals surface area contributed by atoms with Crippen LogP contribution < -0.4 is 4.90 Å². The Kier molecular flexibility index (Phi) is 2.08. The lowest BCUT2D eigenvalue weighted by Crippen LogP contribution is -2.08. The zero-order chi connectivity index (χ0) is 8.43. The van der Waals surface area contributed by atoms with Gasteiger partial charge in [-0.05, 0) is 12.1 Å². The SMILES string of the molecule is CN(C)c1ccc(F)c(F)c1. The Bertz CT molecular complexity index is 258. The summed E-state index contributed by atoms with van der Waals surface area (Å²) in [4.78, 5) is 1.71. The molecule has 0 heterocycles. The molecular formula is C8H9F2N. The van der Waals surface area contributed by atoms with Crippen molar-refractivity contribution in [1.29, 1.82) is 0 Å². The first-order chi connectivity index (χ1) is 5.11. The van der Waals surface area contributed by atoms with E-state index in [1.54, 1.807) is 19.0 Å². The summed E-state index contributed by atoms with van der Waals surface area (Å²) in [6.45, 7) is 0. The molecule has 0 saturated carbocycles. The van der Waals surface area contributed by atoms with Crippen molar-refractivity contribution in [3.05, 3.63) is 29.8 Å². The van der Waals surface area contributed by atoms with Gasteiger partial charge in [-0.15, -0.1) is 0 Å². The summed E-state index contributed by atoms with van der Waals surface area (Å²) in [5.41, 5.74) is 0.656. The minimum absolute atomic E-state index is 0.656. The van der Waals surface area contributed by atoms with Crippen molar-refractivity contribution in [2.45, 2.75) is 0 Å². The molecule has 0 fully saturated rings. The van der Waals surface area contributed by atoms with Gasteiger partial charge in [-0.1, -0.05) is 0 Å². The first-order valence-electron chi connectivity index (χ1n) is 3.23. The average Bonchev–Trinajstić information content (AvgIpc) is 1.94. The van der Waals surface area contributed by atoms with Crippen molar-refractivity contribution in [2.24, 2.45) is 0 Å². The number of anilines is 1. The molecule has 1 rings (SSSR count). The number of rotatable bonds is 1. The molecule has 11 heavy (non-hydrogen) atoms. The summed E-state index contributed by atoms with van der Waals surface area (Å²) >= 11 is 0. The van der Waals surface area contributed by atoms with Crippen LogP contribution in [0, 0.1) is 11.6 Å². The Hall–Kier alpha value is -1.12. The van der Waals surface area contributed by atoms with Gasteiger partial charge in [0, 0.05) is 25.8 Å². The quantitative estimate of drug-likeness (QED) is 0.603. The molecule has 0 radical (unpaired) electrons. The van der Waals surface area contributed by atoms with E-state index in [1.807, 2.05) is 0 Å². The smallest absolute Gasteiger partial charge is 0.160 e. The van der Waals surface area contributed by atoms with Gasteiger partial charge in [0.15, 0.2) is 11.6 Å². The van der Waals surface area contributed by atoms with Crippen molar-refractivity contribution < 1.29 is 8.78 Å². The maximum atomic E-state index is 12.5. The zero-order valence-electron chi connectivity index (χ0n) is 6.44. The Balaban J connectivity index is 3.05. The highest BCUT2D eigenvalue weighted by Gasteiger charge is 2.02. The van der Waals surface area contributed by atoms with Gasteiger partial charge in [0.1, 0.15) is 0 Å². The summed E-state index contributed by atoms with van der Waals surface area (Å²) in [5.74, 6) is -1.62. The highest BCUT2D eigenvalue weighted by atomic mass is 19.2. The fraction of sp³-hybridized carbons (Fsp3) is 0.250. The topological polar surface area (TPSA) is 3.24 Å². The molecular weight excluding hydrogens is 148 g/mol. The van der Waals surface area contributed by atoms with Crippen LogP contribution in [0.1, 0.15) is 0 Å². The van der Waals surface area contributed by atoms with Crippen LogP contribution in [0.4, 0.5) is 14.5 Å². The third-order valence-corrected chi connectivity index (χ3v) is 1.42. The molecule has 1 aromatic rings. The molecule has 0 aliphatic rings. The lowest BCUT2D eigenvalue weighted by Gasteiger charge is -2.11. The Morgan fingerprint density at radius 3 is 2.18 bits per heavy atom. The van der Waals surface area contributed by atoms with Crippen LogP contribution in [0.3, 0.4) is 0 Å². The first-order valence-corrected chi connectivity index (χ1v) is 3.23. The van der Waals surface area contributed by atoms with E-state index in [2.05, 4.69) is 0 Å². The van der Waals surface area contributed by atoms with E-state index in [9.17, 15) is 8.78 Å². The number of hydrogen-bond acceptors (Lipinski definition) is 1. The van der Waals surface area contributed by atoms with Gasteiger partial charge in [0.2, 0.25) is 0 Å². The summed E-state index contributed by atoms with van der Waals surface area (Å²) in [6.07, 6.45) is 0. The fourth-order valence-corrected chi connectivity index (χ4v) is 0.763. The van der Waals surface area contributed by atoms with Crippen LogP contribution in [0.25, 0.3) is 0 Å². The largest absolute Gasteiger partial charge is 0.378 e. The molecule has 1 aromatic carbocycles. The van der Waals surface area contributed by atoms with Gasteiger partial charge in [0.05, 0.1) is 0 Å². The minimum Gasteiger partial charge on any atom is -0.378 e. The molecule has 0 aliphatic carbocycles. The van der Waals surface area contributed by atoms with Crippen LogP contribution in [0.5, 0.6) is 0 Å². The van der Waals surface area contributed by atoms with Crippen molar-refractivity contribution in [3.8, 4) is 0 Å². The maximum absolute atomic E-state index is 12.5. The molecule has 60 valence electrons. The third-order valence-electron chi connectivity index (χ3n) is 1.42. The van der Waals surface area contributed by atoms with Gasteiger partial charge in [-0.25, -0.2) is 8.78 Å². The van der Waals surface area contributed by atoms with Gasteiger partial charge in [0.25, 0.3) is 0 Å². The Morgan fingerprint density at radius 1 is 1.09 bits per heavy atom. The predicted molar refractivity (Wildman–Crippen MR) is 40.7 cm³/mol. The molecule has 1 nitrogen and oxygen atoms in total. The van der Waals surface area contributed by atoms with Gasteiger partial charge < -0.3 is 4.90 Å². The van der Waals surface area contributed by atoms with Gasteiger partial charge in [-0.3, -0.25) is 0 Å². The zero-order valence-corrected chi connectivity index (χ0v) is 6.44. The van der Waals surface area contributed by atoms with Crippen molar-refractivity contribution >= 4 is 5.69 Å². The maximum Gasteiger partial charge on any atom is 0.160 e. The van der Waals surface area contributed by atoms with E-state index in [4.69, 9.17) is 0 Å². The standard InChI is InChI=1S/C8H9F2N/c1-11(2)6-3-4-7(9)8(10)5-6/h3-5H,1-2H3. The molecule has 0 saturated heterocycles. The van der Waals surface area contributed by atoms with E-state index in [0.29, 0.717) is 5.69 Å². The molecule has 0 aliphatic heterocycles. The van der Waals surface area contributed by atoms with E-state index in [0.717, 1.165) is 12.1 Å². The molecule has 0 amide bonds. The van der Waals surface area contributed by atoms with Crippen molar-refractivity contribution in [3.63, 3.8) is 0 Å². The Labute approximate surface area is 64.3 Å². The minimum atomic E-state index is -0.810. The third kappa shape index (κ3) is 1.67. The monoisotopic (exact) mass is 157 g/mol. The number of nitrogens with zero attached hydrogens (tertiary/aromatic N) is 1. The number of halogens is 2. The lowest BCUT2D eigenvalue weighted by molar-refractivity contribution is 0.508. The highest BCUT2D eigenvalue weighted by molar-refractivity contribution is 5.44. The normalized spacial score (nSPS) is 9.82. The molecule has 3 heteroatoms. The van der Waals surface area contributed by atoms with Crippen LogP contribution in [0.2, 0.25) is 0 Å². The molecule has 0 bridgehead atoms. The van der Waals surface area contributed by atoms with Gasteiger partial charge >= 0.3 is 0 Å². The molecule has 0 aromatic heterocycles. The van der Waals surface area contributed by atoms with Crippen LogP contribution in [0.15, 0.2) is 18.2 Å². The second kappa shape index (κ2) is 2.86. The molecule has 0 atom stereocenters. The van der Waals surface area contributed by atoms with Crippen LogP contribution >= 0.6 is 0 Å². The first kappa shape index (κ1) is 7.98. The van der Waals surface area contributed by atoms with E-state index in [1.165, 1.54) is 6.07 Å². The van der Waals surface area contributed by atoms with Crippen molar-refractivity contribution in [1.82, 2.24) is 0 Å². The summed E-state index contributed by atoms with van der Waals surface area (Å²) in [5, 5.41) is 0. The molecule has 0 unspecified atom stereocenters. The summed E-state index contributed by atoms with van der Waals surface area (Å²) in [6, 6.07) is 3.80. The van der Waals surface area contributed by atoms with Gasteiger partial charge in [-0.2, -0.15) is 0 Å². The fourth-order valence-electron chi connectivity index (χ4n) is 0.763.